The van der Waals surface area contributed by atoms with E-state index < -0.39 is 6.10 Å². The Bertz CT molecular complexity index is 902. The maximum absolute atomic E-state index is 12.1. The number of cyclic esters (lactones) is 1. The number of benzene rings is 2. The summed E-state index contributed by atoms with van der Waals surface area (Å²) in [5.41, 5.74) is 18.0. The molecule has 8 heteroatoms. The number of aliphatic hydroxyl groups excluding tert-OH is 1. The molecule has 0 spiro atoms. The monoisotopic (exact) mass is 395 g/mol. The first kappa shape index (κ1) is 19.5. The van der Waals surface area contributed by atoms with Gasteiger partial charge in [-0.25, -0.2) is 10.3 Å². The van der Waals surface area contributed by atoms with E-state index in [0.717, 1.165) is 27.9 Å². The number of nitrogens with one attached hydrogen (secondary N) is 2. The number of carbonyl (C=O) groups is 1. The van der Waals surface area contributed by atoms with Crippen LogP contribution in [0.3, 0.4) is 0 Å². The highest BCUT2D eigenvalue weighted by Crippen LogP contribution is 2.40. The van der Waals surface area contributed by atoms with E-state index in [1.165, 1.54) is 0 Å². The lowest BCUT2D eigenvalue weighted by molar-refractivity contribution is 0.0830. The lowest BCUT2D eigenvalue weighted by Gasteiger charge is -2.14. The molecule has 2 aromatic carbocycles. The van der Waals surface area contributed by atoms with E-state index >= 15 is 0 Å². The average Bonchev–Trinajstić information content (AvgIpc) is 3.25. The summed E-state index contributed by atoms with van der Waals surface area (Å²) in [5, 5.41) is 16.0. The molecule has 3 atom stereocenters. The molecule has 8 nitrogen and oxygen atoms in total. The van der Waals surface area contributed by atoms with Gasteiger partial charge in [-0.1, -0.05) is 30.3 Å². The van der Waals surface area contributed by atoms with Gasteiger partial charge < -0.3 is 20.9 Å². The Kier molecular flexibility index (Phi) is 5.57. The molecule has 1 saturated heterocycles. The lowest BCUT2D eigenvalue weighted by Crippen LogP contribution is -2.35. The van der Waals surface area contributed by atoms with Crippen molar-refractivity contribution >= 4 is 11.8 Å². The topological polar surface area (TPSA) is 124 Å². The molecule has 0 aliphatic carbocycles. The predicted octanol–water partition coefficient (Wildman–Crippen LogP) is 2.04. The summed E-state index contributed by atoms with van der Waals surface area (Å²) in [5.74, 6) is 0. The molecule has 29 heavy (non-hydrogen) atoms. The average molecular weight is 395 g/mol. The molecule has 0 bridgehead atoms. The SMILES string of the molecule is N=NCC(N)CNCc1ccc(-c2ccc3c(c2)CC2C(CO)OC(=O)N32)cc1. The number of hydrogen-bond acceptors (Lipinski definition) is 7. The van der Waals surface area contributed by atoms with E-state index in [9.17, 15) is 9.90 Å². The maximum Gasteiger partial charge on any atom is 0.415 e. The Balaban J connectivity index is 1.43. The minimum atomic E-state index is -0.465. The standard InChI is InChI=1S/C21H25N5O3/c22-17(11-25-23)10-24-9-13-1-3-14(4-2-13)15-5-6-18-16(7-15)8-19-20(12-27)29-21(28)26(18)19/h1-7,17,19-20,23-24,27H,8-12,22H2. The van der Waals surface area contributed by atoms with Crippen molar-refractivity contribution in [3.8, 4) is 11.1 Å². The first-order chi connectivity index (χ1) is 14.1. The van der Waals surface area contributed by atoms with Crippen LogP contribution in [0.1, 0.15) is 11.1 Å². The van der Waals surface area contributed by atoms with Gasteiger partial charge in [-0.15, -0.1) is 0 Å². The second-order valence-electron chi connectivity index (χ2n) is 7.52. The number of anilines is 1. The summed E-state index contributed by atoms with van der Waals surface area (Å²) in [4.78, 5) is 13.8. The highest BCUT2D eigenvalue weighted by molar-refractivity contribution is 5.94. The van der Waals surface area contributed by atoms with Crippen molar-refractivity contribution in [1.29, 1.82) is 5.53 Å². The van der Waals surface area contributed by atoms with Gasteiger partial charge in [0.2, 0.25) is 0 Å². The molecule has 0 saturated carbocycles. The fourth-order valence-corrected chi connectivity index (χ4v) is 4.01. The first-order valence-electron chi connectivity index (χ1n) is 9.73. The number of aliphatic hydroxyl groups is 1. The van der Waals surface area contributed by atoms with Crippen LogP contribution in [0.4, 0.5) is 10.5 Å². The zero-order valence-electron chi connectivity index (χ0n) is 16.0. The predicted molar refractivity (Wildman–Crippen MR) is 109 cm³/mol. The van der Waals surface area contributed by atoms with Crippen LogP contribution in [-0.2, 0) is 17.7 Å². The number of carbonyl (C=O) groups excluding carboxylic acids is 1. The quantitative estimate of drug-likeness (QED) is 0.509. The maximum atomic E-state index is 12.1. The number of fused-ring (bicyclic) bond motifs is 3. The van der Waals surface area contributed by atoms with Gasteiger partial charge in [0, 0.05) is 19.1 Å². The van der Waals surface area contributed by atoms with Crippen molar-refractivity contribution in [1.82, 2.24) is 5.32 Å². The molecule has 1 amide bonds. The van der Waals surface area contributed by atoms with E-state index in [1.54, 1.807) is 4.90 Å². The van der Waals surface area contributed by atoms with E-state index in [2.05, 4.69) is 40.8 Å². The third-order valence-electron chi connectivity index (χ3n) is 5.51. The van der Waals surface area contributed by atoms with Gasteiger partial charge in [-0.3, -0.25) is 4.90 Å². The first-order valence-corrected chi connectivity index (χ1v) is 9.73. The third-order valence-corrected chi connectivity index (χ3v) is 5.51. The van der Waals surface area contributed by atoms with Crippen molar-refractivity contribution in [3.05, 3.63) is 53.6 Å². The van der Waals surface area contributed by atoms with Crippen molar-refractivity contribution in [3.63, 3.8) is 0 Å². The normalized spacial score (nSPS) is 20.9. The molecule has 2 aliphatic rings. The smallest absolute Gasteiger partial charge is 0.415 e. The number of hydrogen-bond donors (Lipinski definition) is 4. The van der Waals surface area contributed by atoms with Crippen molar-refractivity contribution < 1.29 is 14.6 Å². The van der Waals surface area contributed by atoms with Crippen LogP contribution in [0.15, 0.2) is 47.6 Å². The number of amides is 1. The molecule has 0 radical (unpaired) electrons. The number of nitrogens with zero attached hydrogens (tertiary/aromatic N) is 2. The third kappa shape index (κ3) is 3.87. The molecule has 2 aromatic rings. The number of ether oxygens (including phenoxy) is 1. The summed E-state index contributed by atoms with van der Waals surface area (Å²) < 4.78 is 5.23. The molecule has 2 heterocycles. The molecule has 0 aromatic heterocycles. The Morgan fingerprint density at radius 1 is 1.28 bits per heavy atom. The second kappa shape index (κ2) is 8.28. The Labute approximate surface area is 169 Å². The summed E-state index contributed by atoms with van der Waals surface area (Å²) in [6.45, 7) is 1.49. The van der Waals surface area contributed by atoms with Crippen molar-refractivity contribution in [2.75, 3.05) is 24.6 Å². The van der Waals surface area contributed by atoms with E-state index in [0.29, 0.717) is 26.1 Å². The minimum Gasteiger partial charge on any atom is -0.441 e. The minimum absolute atomic E-state index is 0.125. The summed E-state index contributed by atoms with van der Waals surface area (Å²) in [7, 11) is 0. The molecular formula is C21H25N5O3. The molecule has 3 unspecified atom stereocenters. The fraction of sp³-hybridized carbons (Fsp3) is 0.381. The van der Waals surface area contributed by atoms with Gasteiger partial charge in [-0.2, -0.15) is 5.11 Å². The zero-order chi connectivity index (χ0) is 20.4. The van der Waals surface area contributed by atoms with Crippen LogP contribution in [-0.4, -0.2) is 49.1 Å². The van der Waals surface area contributed by atoms with Crippen LogP contribution >= 0.6 is 0 Å². The van der Waals surface area contributed by atoms with Gasteiger partial charge in [-0.05, 0) is 40.8 Å². The molecule has 152 valence electrons. The molecule has 4 rings (SSSR count). The van der Waals surface area contributed by atoms with Gasteiger partial charge in [0.15, 0.2) is 0 Å². The highest BCUT2D eigenvalue weighted by atomic mass is 16.6. The Morgan fingerprint density at radius 3 is 2.76 bits per heavy atom. The highest BCUT2D eigenvalue weighted by Gasteiger charge is 2.47. The number of nitrogens with two attached hydrogens (primary N) is 1. The second-order valence-corrected chi connectivity index (χ2v) is 7.52. The van der Waals surface area contributed by atoms with Crippen LogP contribution in [0.25, 0.3) is 11.1 Å². The molecule has 2 aliphatic heterocycles. The van der Waals surface area contributed by atoms with E-state index in [-0.39, 0.29) is 24.8 Å². The van der Waals surface area contributed by atoms with E-state index in [1.807, 2.05) is 12.1 Å². The summed E-state index contributed by atoms with van der Waals surface area (Å²) in [6, 6.07) is 14.1. The van der Waals surface area contributed by atoms with Crippen molar-refractivity contribution in [2.45, 2.75) is 31.2 Å². The van der Waals surface area contributed by atoms with Crippen LogP contribution < -0.4 is 16.0 Å². The van der Waals surface area contributed by atoms with Crippen LogP contribution in [0.2, 0.25) is 0 Å². The molecule has 1 fully saturated rings. The van der Waals surface area contributed by atoms with Crippen LogP contribution in [0.5, 0.6) is 0 Å². The van der Waals surface area contributed by atoms with Gasteiger partial charge in [0.1, 0.15) is 6.10 Å². The largest absolute Gasteiger partial charge is 0.441 e. The summed E-state index contributed by atoms with van der Waals surface area (Å²) in [6.07, 6.45) is -0.158. The van der Waals surface area contributed by atoms with Crippen molar-refractivity contribution in [2.24, 2.45) is 10.8 Å². The lowest BCUT2D eigenvalue weighted by atomic mass is 9.99. The van der Waals surface area contributed by atoms with Gasteiger partial charge in [0.25, 0.3) is 0 Å². The number of rotatable bonds is 8. The zero-order valence-corrected chi connectivity index (χ0v) is 16.0. The van der Waals surface area contributed by atoms with Crippen LogP contribution in [0, 0.1) is 5.53 Å². The fourth-order valence-electron chi connectivity index (χ4n) is 4.01. The molecule has 5 N–H and O–H groups in total. The molecular weight excluding hydrogens is 370 g/mol. The summed E-state index contributed by atoms with van der Waals surface area (Å²) >= 11 is 0. The van der Waals surface area contributed by atoms with Gasteiger partial charge >= 0.3 is 6.09 Å². The Hall–Kier alpha value is -2.81. The Morgan fingerprint density at radius 2 is 2.03 bits per heavy atom. The van der Waals surface area contributed by atoms with Gasteiger partial charge in [0.05, 0.1) is 24.9 Å². The van der Waals surface area contributed by atoms with E-state index in [4.69, 9.17) is 16.0 Å².